The van der Waals surface area contributed by atoms with E-state index in [-0.39, 0.29) is 23.2 Å². The van der Waals surface area contributed by atoms with Gasteiger partial charge in [0.25, 0.3) is 5.91 Å². The Kier molecular flexibility index (Phi) is 5.72. The number of carbonyl (C=O) groups is 1. The summed E-state index contributed by atoms with van der Waals surface area (Å²) in [7, 11) is 0. The molecule has 0 spiro atoms. The van der Waals surface area contributed by atoms with Crippen molar-refractivity contribution in [2.45, 2.75) is 12.5 Å². The average Bonchev–Trinajstić information content (AvgIpc) is 3.33. The number of nitriles is 1. The smallest absolute Gasteiger partial charge is 0.255 e. The molecule has 1 amide bonds. The van der Waals surface area contributed by atoms with Gasteiger partial charge in [-0.15, -0.1) is 0 Å². The van der Waals surface area contributed by atoms with Crippen LogP contribution in [0.4, 0.5) is 0 Å². The molecule has 2 aromatic carbocycles. The fraction of sp³-hybridized carbons (Fsp3) is 0.0833. The lowest BCUT2D eigenvalue weighted by atomic mass is 9.87. The van der Waals surface area contributed by atoms with Gasteiger partial charge in [0.05, 0.1) is 24.4 Å². The molecule has 1 aromatic heterocycles. The van der Waals surface area contributed by atoms with Gasteiger partial charge in [-0.3, -0.25) is 4.79 Å². The third kappa shape index (κ3) is 4.28. The maximum atomic E-state index is 13.0. The zero-order valence-electron chi connectivity index (χ0n) is 16.5. The van der Waals surface area contributed by atoms with Crippen molar-refractivity contribution < 1.29 is 13.9 Å². The summed E-state index contributed by atoms with van der Waals surface area (Å²) in [5, 5.41) is 15.9. The lowest BCUT2D eigenvalue weighted by molar-refractivity contribution is 0.0958. The highest BCUT2D eigenvalue weighted by molar-refractivity contribution is 5.95. The normalized spacial score (nSPS) is 15.8. The Bertz CT molecular complexity index is 1160. The van der Waals surface area contributed by atoms with Crippen LogP contribution < -0.4 is 16.4 Å². The molecule has 0 bridgehead atoms. The quantitative estimate of drug-likeness (QED) is 0.571. The molecule has 154 valence electrons. The Morgan fingerprint density at radius 1 is 1.03 bits per heavy atom. The molecular weight excluding hydrogens is 392 g/mol. The van der Waals surface area contributed by atoms with E-state index in [0.29, 0.717) is 23.6 Å². The molecular formula is C24H20N4O3. The van der Waals surface area contributed by atoms with E-state index in [0.717, 1.165) is 5.56 Å². The molecule has 0 aliphatic carbocycles. The number of rotatable bonds is 6. The summed E-state index contributed by atoms with van der Waals surface area (Å²) in [6.45, 7) is 0.309. The van der Waals surface area contributed by atoms with E-state index in [4.69, 9.17) is 14.9 Å². The number of nitrogens with two attached hydrogens (primary N) is 1. The molecule has 0 saturated carbocycles. The van der Waals surface area contributed by atoms with E-state index >= 15 is 0 Å². The Hall–Kier alpha value is -4.44. The van der Waals surface area contributed by atoms with Crippen molar-refractivity contribution >= 4 is 5.91 Å². The van der Waals surface area contributed by atoms with E-state index in [1.165, 1.54) is 0 Å². The summed E-state index contributed by atoms with van der Waals surface area (Å²) >= 11 is 0. The Balaban J connectivity index is 1.76. The van der Waals surface area contributed by atoms with E-state index in [1.807, 2.05) is 42.5 Å². The maximum Gasteiger partial charge on any atom is 0.255 e. The van der Waals surface area contributed by atoms with Gasteiger partial charge in [0, 0.05) is 5.56 Å². The summed E-state index contributed by atoms with van der Waals surface area (Å²) in [4.78, 5) is 13.0. The molecule has 4 rings (SSSR count). The van der Waals surface area contributed by atoms with Gasteiger partial charge < -0.3 is 25.5 Å². The van der Waals surface area contributed by atoms with Gasteiger partial charge in [-0.1, -0.05) is 48.5 Å². The second-order valence-corrected chi connectivity index (χ2v) is 6.83. The van der Waals surface area contributed by atoms with Crippen LogP contribution in [0.2, 0.25) is 0 Å². The fourth-order valence-electron chi connectivity index (χ4n) is 3.36. The van der Waals surface area contributed by atoms with Crippen LogP contribution in [-0.2, 0) is 11.3 Å². The van der Waals surface area contributed by atoms with E-state index in [9.17, 15) is 10.1 Å². The summed E-state index contributed by atoms with van der Waals surface area (Å²) in [5.74, 6) is -0.0151. The van der Waals surface area contributed by atoms with Gasteiger partial charge in [0.15, 0.2) is 0 Å². The summed E-state index contributed by atoms with van der Waals surface area (Å²) in [6.07, 6.45) is 1.57. The first-order chi connectivity index (χ1) is 15.2. The van der Waals surface area contributed by atoms with Crippen LogP contribution in [0.1, 0.15) is 27.6 Å². The van der Waals surface area contributed by atoms with Crippen LogP contribution >= 0.6 is 0 Å². The minimum absolute atomic E-state index is 0.0176. The molecule has 4 N–H and O–H groups in total. The number of hydrogen-bond donors (Lipinski definition) is 3. The summed E-state index contributed by atoms with van der Waals surface area (Å²) in [5.41, 5.74) is 7.98. The number of hydrogen-bond acceptors (Lipinski definition) is 6. The molecule has 0 fully saturated rings. The number of allylic oxidation sites excluding steroid dienone is 1. The molecule has 0 radical (unpaired) electrons. The SMILES string of the molecule is N#CC1=C(N)OC(NCc2ccco2)=C(NC(=O)c2ccccc2)C1c1ccccc1. The first-order valence-corrected chi connectivity index (χ1v) is 9.66. The molecule has 1 atom stereocenters. The molecule has 1 unspecified atom stereocenters. The molecule has 0 saturated heterocycles. The number of nitrogens with one attached hydrogen (secondary N) is 2. The second kappa shape index (κ2) is 8.93. The van der Waals surface area contributed by atoms with Crippen molar-refractivity contribution in [3.05, 3.63) is 119 Å². The van der Waals surface area contributed by atoms with Crippen molar-refractivity contribution in [3.8, 4) is 6.07 Å². The predicted octanol–water partition coefficient (Wildman–Crippen LogP) is 3.48. The lowest BCUT2D eigenvalue weighted by Crippen LogP contribution is -2.36. The predicted molar refractivity (Wildman–Crippen MR) is 114 cm³/mol. The van der Waals surface area contributed by atoms with E-state index in [2.05, 4.69) is 16.7 Å². The van der Waals surface area contributed by atoms with Gasteiger partial charge in [-0.05, 0) is 29.8 Å². The van der Waals surface area contributed by atoms with Crippen LogP contribution in [0.15, 0.2) is 107 Å². The van der Waals surface area contributed by atoms with Crippen molar-refractivity contribution in [1.82, 2.24) is 10.6 Å². The van der Waals surface area contributed by atoms with Gasteiger partial charge in [-0.2, -0.15) is 5.26 Å². The Morgan fingerprint density at radius 2 is 1.74 bits per heavy atom. The number of nitrogens with zero attached hydrogens (tertiary/aromatic N) is 1. The molecule has 31 heavy (non-hydrogen) atoms. The largest absolute Gasteiger partial charge is 0.467 e. The molecule has 2 heterocycles. The minimum Gasteiger partial charge on any atom is -0.467 e. The second-order valence-electron chi connectivity index (χ2n) is 6.83. The highest BCUT2D eigenvalue weighted by atomic mass is 16.5. The molecule has 1 aliphatic rings. The fourth-order valence-corrected chi connectivity index (χ4v) is 3.36. The summed E-state index contributed by atoms with van der Waals surface area (Å²) < 4.78 is 11.1. The van der Waals surface area contributed by atoms with Crippen LogP contribution in [0, 0.1) is 11.3 Å². The van der Waals surface area contributed by atoms with Crippen molar-refractivity contribution in [1.29, 1.82) is 5.26 Å². The zero-order chi connectivity index (χ0) is 21.6. The van der Waals surface area contributed by atoms with Crippen LogP contribution in [-0.4, -0.2) is 5.91 Å². The average molecular weight is 412 g/mol. The van der Waals surface area contributed by atoms with Crippen LogP contribution in [0.3, 0.4) is 0 Å². The Morgan fingerprint density at radius 3 is 2.39 bits per heavy atom. The van der Waals surface area contributed by atoms with Crippen molar-refractivity contribution in [3.63, 3.8) is 0 Å². The highest BCUT2D eigenvalue weighted by Crippen LogP contribution is 2.37. The Labute approximate surface area is 179 Å². The van der Waals surface area contributed by atoms with Gasteiger partial charge in [-0.25, -0.2) is 0 Å². The van der Waals surface area contributed by atoms with Gasteiger partial charge >= 0.3 is 0 Å². The topological polar surface area (TPSA) is 113 Å². The number of amides is 1. The monoisotopic (exact) mass is 412 g/mol. The third-order valence-corrected chi connectivity index (χ3v) is 4.84. The standard InChI is InChI=1S/C24H20N4O3/c25-14-19-20(16-8-3-1-4-9-16)21(28-23(29)17-10-5-2-6-11-17)24(31-22(19)26)27-15-18-12-7-13-30-18/h1-13,20,27H,15,26H2,(H,28,29). The number of ether oxygens (including phenoxy) is 1. The number of carbonyl (C=O) groups excluding carboxylic acids is 1. The minimum atomic E-state index is -0.605. The molecule has 7 heteroatoms. The third-order valence-electron chi connectivity index (χ3n) is 4.84. The lowest BCUT2D eigenvalue weighted by Gasteiger charge is -2.29. The molecule has 7 nitrogen and oxygen atoms in total. The van der Waals surface area contributed by atoms with Crippen LogP contribution in [0.25, 0.3) is 0 Å². The number of furan rings is 1. The van der Waals surface area contributed by atoms with E-state index in [1.54, 1.807) is 36.6 Å². The first kappa shape index (κ1) is 19.9. The van der Waals surface area contributed by atoms with Crippen molar-refractivity contribution in [2.24, 2.45) is 5.73 Å². The number of benzene rings is 2. The summed E-state index contributed by atoms with van der Waals surface area (Å²) in [6, 6.07) is 23.9. The molecule has 3 aromatic rings. The van der Waals surface area contributed by atoms with E-state index < -0.39 is 5.92 Å². The van der Waals surface area contributed by atoms with Crippen molar-refractivity contribution in [2.75, 3.05) is 0 Å². The van der Waals surface area contributed by atoms with Gasteiger partial charge in [0.2, 0.25) is 11.8 Å². The van der Waals surface area contributed by atoms with Crippen LogP contribution in [0.5, 0.6) is 0 Å². The first-order valence-electron chi connectivity index (χ1n) is 9.66. The van der Waals surface area contributed by atoms with Gasteiger partial charge in [0.1, 0.15) is 17.4 Å². The maximum absolute atomic E-state index is 13.0. The zero-order valence-corrected chi connectivity index (χ0v) is 16.5. The highest BCUT2D eigenvalue weighted by Gasteiger charge is 2.34. The molecule has 1 aliphatic heterocycles.